The fourth-order valence-corrected chi connectivity index (χ4v) is 2.91. The van der Waals surface area contributed by atoms with E-state index in [0.29, 0.717) is 12.5 Å². The molecule has 0 aromatic heterocycles. The van der Waals surface area contributed by atoms with E-state index >= 15 is 0 Å². The number of aliphatic hydroxyl groups excluding tert-OH is 1. The molecule has 0 amide bonds. The second-order valence-corrected chi connectivity index (χ2v) is 7.98. The zero-order chi connectivity index (χ0) is 19.9. The molecule has 2 rings (SSSR count). The van der Waals surface area contributed by atoms with Crippen molar-refractivity contribution in [3.63, 3.8) is 0 Å². The van der Waals surface area contributed by atoms with Crippen molar-refractivity contribution in [2.45, 2.75) is 51.7 Å². The highest BCUT2D eigenvalue weighted by Crippen LogP contribution is 2.19. The molecule has 1 unspecified atom stereocenters. The Morgan fingerprint density at radius 3 is 2.07 bits per heavy atom. The summed E-state index contributed by atoms with van der Waals surface area (Å²) < 4.78 is 10.9. The van der Waals surface area contributed by atoms with Crippen LogP contribution >= 0.6 is 12.4 Å². The SMILES string of the molecule is COc1ccc(CC(C)(C)NCC(O)COc2ccc(C(C)C)cc2)cc1.Cl. The number of benzene rings is 2. The number of ether oxygens (including phenoxy) is 2. The van der Waals surface area contributed by atoms with E-state index in [9.17, 15) is 5.11 Å². The third kappa shape index (κ3) is 8.09. The van der Waals surface area contributed by atoms with Gasteiger partial charge in [-0.3, -0.25) is 0 Å². The molecular formula is C23H34ClNO3. The van der Waals surface area contributed by atoms with E-state index in [4.69, 9.17) is 9.47 Å². The molecule has 0 bridgehead atoms. The maximum absolute atomic E-state index is 10.2. The number of methoxy groups -OCH3 is 1. The predicted octanol–water partition coefficient (Wildman–Crippen LogP) is 4.59. The number of hydrogen-bond acceptors (Lipinski definition) is 4. The first kappa shape index (κ1) is 24.3. The highest BCUT2D eigenvalue weighted by atomic mass is 35.5. The quantitative estimate of drug-likeness (QED) is 0.604. The molecule has 0 spiro atoms. The van der Waals surface area contributed by atoms with Crippen LogP contribution in [-0.4, -0.2) is 37.0 Å². The largest absolute Gasteiger partial charge is 0.497 e. The van der Waals surface area contributed by atoms with Gasteiger partial charge in [-0.15, -0.1) is 12.4 Å². The maximum Gasteiger partial charge on any atom is 0.119 e. The summed E-state index contributed by atoms with van der Waals surface area (Å²) in [4.78, 5) is 0. The van der Waals surface area contributed by atoms with Gasteiger partial charge < -0.3 is 19.9 Å². The van der Waals surface area contributed by atoms with E-state index in [0.717, 1.165) is 17.9 Å². The Morgan fingerprint density at radius 2 is 1.54 bits per heavy atom. The van der Waals surface area contributed by atoms with Crippen molar-refractivity contribution >= 4 is 12.4 Å². The molecule has 156 valence electrons. The molecule has 1 atom stereocenters. The summed E-state index contributed by atoms with van der Waals surface area (Å²) in [5, 5.41) is 13.7. The second-order valence-electron chi connectivity index (χ2n) is 7.98. The summed E-state index contributed by atoms with van der Waals surface area (Å²) >= 11 is 0. The molecule has 0 aliphatic rings. The molecule has 5 heteroatoms. The lowest BCUT2D eigenvalue weighted by Crippen LogP contribution is -2.46. The number of rotatable bonds is 10. The Kier molecular flexibility index (Phi) is 9.80. The van der Waals surface area contributed by atoms with Gasteiger partial charge in [-0.25, -0.2) is 0 Å². The van der Waals surface area contributed by atoms with Crippen LogP contribution in [0.5, 0.6) is 11.5 Å². The van der Waals surface area contributed by atoms with Gasteiger partial charge in [0.2, 0.25) is 0 Å². The number of halogens is 1. The molecule has 0 saturated carbocycles. The Labute approximate surface area is 175 Å². The zero-order valence-corrected chi connectivity index (χ0v) is 18.4. The number of nitrogens with one attached hydrogen (secondary N) is 1. The molecule has 2 aromatic carbocycles. The van der Waals surface area contributed by atoms with Crippen LogP contribution in [0, 0.1) is 0 Å². The average molecular weight is 408 g/mol. The predicted molar refractivity (Wildman–Crippen MR) is 118 cm³/mol. The fourth-order valence-electron chi connectivity index (χ4n) is 2.91. The van der Waals surface area contributed by atoms with Gasteiger partial charge in [0, 0.05) is 12.1 Å². The lowest BCUT2D eigenvalue weighted by atomic mass is 9.94. The van der Waals surface area contributed by atoms with Crippen molar-refractivity contribution in [2.75, 3.05) is 20.3 Å². The minimum Gasteiger partial charge on any atom is -0.497 e. The lowest BCUT2D eigenvalue weighted by molar-refractivity contribution is 0.0988. The van der Waals surface area contributed by atoms with E-state index in [1.165, 1.54) is 11.1 Å². The molecule has 0 aliphatic heterocycles. The van der Waals surface area contributed by atoms with Crippen LogP contribution in [0.15, 0.2) is 48.5 Å². The van der Waals surface area contributed by atoms with Gasteiger partial charge in [-0.1, -0.05) is 38.1 Å². The van der Waals surface area contributed by atoms with Crippen molar-refractivity contribution < 1.29 is 14.6 Å². The smallest absolute Gasteiger partial charge is 0.119 e. The molecule has 28 heavy (non-hydrogen) atoms. The number of hydrogen-bond donors (Lipinski definition) is 2. The van der Waals surface area contributed by atoms with E-state index in [2.05, 4.69) is 57.3 Å². The number of aliphatic hydroxyl groups is 1. The van der Waals surface area contributed by atoms with Crippen molar-refractivity contribution in [3.8, 4) is 11.5 Å². The van der Waals surface area contributed by atoms with Gasteiger partial charge in [-0.05, 0) is 61.6 Å². The van der Waals surface area contributed by atoms with Gasteiger partial charge in [-0.2, -0.15) is 0 Å². The summed E-state index contributed by atoms with van der Waals surface area (Å²) in [5.41, 5.74) is 2.38. The maximum atomic E-state index is 10.2. The fraction of sp³-hybridized carbons (Fsp3) is 0.478. The van der Waals surface area contributed by atoms with Crippen LogP contribution in [0.25, 0.3) is 0 Å². The molecule has 2 N–H and O–H groups in total. The van der Waals surface area contributed by atoms with Gasteiger partial charge in [0.05, 0.1) is 7.11 Å². The molecule has 4 nitrogen and oxygen atoms in total. The van der Waals surface area contributed by atoms with Crippen LogP contribution in [0.4, 0.5) is 0 Å². The van der Waals surface area contributed by atoms with E-state index < -0.39 is 6.10 Å². The van der Waals surface area contributed by atoms with Crippen molar-refractivity contribution in [1.82, 2.24) is 5.32 Å². The Hall–Kier alpha value is -1.75. The van der Waals surface area contributed by atoms with Gasteiger partial charge in [0.15, 0.2) is 0 Å². The van der Waals surface area contributed by atoms with Gasteiger partial charge in [0.1, 0.15) is 24.2 Å². The minimum absolute atomic E-state index is 0. The van der Waals surface area contributed by atoms with Crippen LogP contribution in [0.2, 0.25) is 0 Å². The Bertz CT molecular complexity index is 684. The average Bonchev–Trinajstić information content (AvgIpc) is 2.65. The van der Waals surface area contributed by atoms with E-state index in [1.54, 1.807) is 7.11 Å². The third-order valence-corrected chi connectivity index (χ3v) is 4.61. The van der Waals surface area contributed by atoms with Crippen LogP contribution in [-0.2, 0) is 6.42 Å². The summed E-state index contributed by atoms with van der Waals surface area (Å²) in [6, 6.07) is 16.2. The van der Waals surface area contributed by atoms with Crippen LogP contribution in [0.3, 0.4) is 0 Å². The first-order chi connectivity index (χ1) is 12.8. The highest BCUT2D eigenvalue weighted by molar-refractivity contribution is 5.85. The molecule has 0 radical (unpaired) electrons. The molecule has 0 saturated heterocycles. The molecule has 0 heterocycles. The normalized spacial score (nSPS) is 12.4. The molecule has 0 fully saturated rings. The van der Waals surface area contributed by atoms with Crippen LogP contribution in [0.1, 0.15) is 44.7 Å². The highest BCUT2D eigenvalue weighted by Gasteiger charge is 2.19. The van der Waals surface area contributed by atoms with E-state index in [-0.39, 0.29) is 24.6 Å². The second kappa shape index (κ2) is 11.3. The van der Waals surface area contributed by atoms with Crippen molar-refractivity contribution in [2.24, 2.45) is 0 Å². The van der Waals surface area contributed by atoms with Crippen LogP contribution < -0.4 is 14.8 Å². The lowest BCUT2D eigenvalue weighted by Gasteiger charge is -2.28. The van der Waals surface area contributed by atoms with Crippen molar-refractivity contribution in [3.05, 3.63) is 59.7 Å². The molecule has 2 aromatic rings. The standard InChI is InChI=1S/C23H33NO3.ClH/c1-17(2)19-8-12-22(13-9-19)27-16-20(25)15-24-23(3,4)14-18-6-10-21(26-5)11-7-18;/h6-13,17,20,24-25H,14-16H2,1-5H3;1H. The summed E-state index contributed by atoms with van der Waals surface area (Å²) in [5.74, 6) is 2.15. The Morgan fingerprint density at radius 1 is 0.964 bits per heavy atom. The number of β-amino-alcohol motifs (C(OH)–C–C–N with tert-alkyl or cyclic N) is 1. The van der Waals surface area contributed by atoms with Gasteiger partial charge in [0.25, 0.3) is 0 Å². The van der Waals surface area contributed by atoms with E-state index in [1.807, 2.05) is 24.3 Å². The first-order valence-electron chi connectivity index (χ1n) is 9.58. The monoisotopic (exact) mass is 407 g/mol. The zero-order valence-electron chi connectivity index (χ0n) is 17.6. The Balaban J connectivity index is 0.00000392. The molecular weight excluding hydrogens is 374 g/mol. The minimum atomic E-state index is -0.565. The third-order valence-electron chi connectivity index (χ3n) is 4.61. The first-order valence-corrected chi connectivity index (χ1v) is 9.58. The molecule has 0 aliphatic carbocycles. The topological polar surface area (TPSA) is 50.7 Å². The summed E-state index contributed by atoms with van der Waals surface area (Å²) in [6.07, 6.45) is 0.297. The van der Waals surface area contributed by atoms with Gasteiger partial charge >= 0.3 is 0 Å². The van der Waals surface area contributed by atoms with Crippen molar-refractivity contribution in [1.29, 1.82) is 0 Å². The summed E-state index contributed by atoms with van der Waals surface area (Å²) in [6.45, 7) is 9.35. The summed E-state index contributed by atoms with van der Waals surface area (Å²) in [7, 11) is 1.67.